The number of ether oxygens (including phenoxy) is 2. The number of morpholine rings is 1. The van der Waals surface area contributed by atoms with Gasteiger partial charge in [-0.2, -0.15) is 0 Å². The monoisotopic (exact) mass is 313 g/mol. The molecule has 0 amide bonds. The van der Waals surface area contributed by atoms with Gasteiger partial charge in [-0.15, -0.1) is 0 Å². The standard InChI is InChI=1S/C19H23NO3/c1-13-10-20(11-14(2)23-13)12-19(21)17-5-4-16-9-18(22-3)7-6-15(16)8-17/h4-9,13-14H,10-12H2,1-3H3/t13-,14-/m1/s1. The number of ketones is 1. The Morgan fingerprint density at radius 2 is 1.78 bits per heavy atom. The Labute approximate surface area is 137 Å². The van der Waals surface area contributed by atoms with Crippen molar-refractivity contribution in [2.45, 2.75) is 26.1 Å². The molecule has 0 N–H and O–H groups in total. The molecule has 1 fully saturated rings. The molecule has 2 aromatic rings. The Kier molecular flexibility index (Phi) is 4.64. The maximum absolute atomic E-state index is 12.6. The van der Waals surface area contributed by atoms with E-state index in [1.807, 2.05) is 36.4 Å². The van der Waals surface area contributed by atoms with Gasteiger partial charge < -0.3 is 9.47 Å². The lowest BCUT2D eigenvalue weighted by atomic mass is 10.0. The second kappa shape index (κ2) is 6.69. The van der Waals surface area contributed by atoms with E-state index in [9.17, 15) is 4.79 Å². The molecule has 2 atom stereocenters. The number of carbonyl (C=O) groups is 1. The van der Waals surface area contributed by atoms with Crippen LogP contribution in [0, 0.1) is 0 Å². The van der Waals surface area contributed by atoms with Gasteiger partial charge in [0, 0.05) is 18.7 Å². The zero-order chi connectivity index (χ0) is 16.4. The highest BCUT2D eigenvalue weighted by Gasteiger charge is 2.24. The number of hydrogen-bond acceptors (Lipinski definition) is 4. The molecular weight excluding hydrogens is 290 g/mol. The fourth-order valence-electron chi connectivity index (χ4n) is 3.23. The summed E-state index contributed by atoms with van der Waals surface area (Å²) in [5.41, 5.74) is 0.759. The molecule has 0 aromatic heterocycles. The maximum atomic E-state index is 12.6. The molecule has 0 radical (unpaired) electrons. The molecule has 2 aromatic carbocycles. The Balaban J connectivity index is 1.75. The third kappa shape index (κ3) is 3.71. The van der Waals surface area contributed by atoms with Crippen LogP contribution < -0.4 is 4.74 Å². The Bertz CT molecular complexity index is 703. The minimum absolute atomic E-state index is 0.156. The largest absolute Gasteiger partial charge is 0.497 e. The van der Waals surface area contributed by atoms with Crippen LogP contribution in [0.2, 0.25) is 0 Å². The molecule has 0 spiro atoms. The number of benzene rings is 2. The Hall–Kier alpha value is -1.91. The van der Waals surface area contributed by atoms with Crippen molar-refractivity contribution in [1.82, 2.24) is 4.90 Å². The zero-order valence-corrected chi connectivity index (χ0v) is 13.9. The maximum Gasteiger partial charge on any atom is 0.176 e. The van der Waals surface area contributed by atoms with Gasteiger partial charge in [0.05, 0.1) is 25.9 Å². The minimum Gasteiger partial charge on any atom is -0.497 e. The molecule has 1 heterocycles. The molecule has 23 heavy (non-hydrogen) atoms. The van der Waals surface area contributed by atoms with E-state index in [0.29, 0.717) is 6.54 Å². The normalized spacial score (nSPS) is 22.2. The summed E-state index contributed by atoms with van der Waals surface area (Å²) < 4.78 is 11.0. The highest BCUT2D eigenvalue weighted by molar-refractivity contribution is 6.01. The third-order valence-corrected chi connectivity index (χ3v) is 4.23. The van der Waals surface area contributed by atoms with Gasteiger partial charge in [-0.1, -0.05) is 18.2 Å². The topological polar surface area (TPSA) is 38.8 Å². The predicted octanol–water partition coefficient (Wildman–Crippen LogP) is 3.14. The van der Waals surface area contributed by atoms with Gasteiger partial charge in [0.25, 0.3) is 0 Å². The molecule has 0 aliphatic carbocycles. The van der Waals surface area contributed by atoms with Gasteiger partial charge in [0.15, 0.2) is 5.78 Å². The Morgan fingerprint density at radius 1 is 1.13 bits per heavy atom. The van der Waals surface area contributed by atoms with Crippen LogP contribution in [0.3, 0.4) is 0 Å². The first kappa shape index (κ1) is 16.0. The molecule has 122 valence electrons. The number of rotatable bonds is 4. The second-order valence-electron chi connectivity index (χ2n) is 6.30. The lowest BCUT2D eigenvalue weighted by Crippen LogP contribution is -2.47. The van der Waals surface area contributed by atoms with Crippen LogP contribution in [0.1, 0.15) is 24.2 Å². The summed E-state index contributed by atoms with van der Waals surface area (Å²) in [6.07, 6.45) is 0.353. The first-order valence-electron chi connectivity index (χ1n) is 8.04. The summed E-state index contributed by atoms with van der Waals surface area (Å²) in [5, 5.41) is 2.13. The number of Topliss-reactive ketones (excluding diaryl/α,β-unsaturated/α-hetero) is 1. The van der Waals surface area contributed by atoms with E-state index in [1.165, 1.54) is 0 Å². The predicted molar refractivity (Wildman–Crippen MR) is 91.3 cm³/mol. The average Bonchev–Trinajstić information content (AvgIpc) is 2.52. The quantitative estimate of drug-likeness (QED) is 0.813. The SMILES string of the molecule is COc1ccc2cc(C(=O)CN3C[C@@H](C)O[C@H](C)C3)ccc2c1. The summed E-state index contributed by atoms with van der Waals surface area (Å²) in [4.78, 5) is 14.8. The van der Waals surface area contributed by atoms with Crippen molar-refractivity contribution in [3.63, 3.8) is 0 Å². The van der Waals surface area contributed by atoms with E-state index in [-0.39, 0.29) is 18.0 Å². The molecule has 4 heteroatoms. The number of hydrogen-bond donors (Lipinski definition) is 0. The average molecular weight is 313 g/mol. The van der Waals surface area contributed by atoms with Crippen molar-refractivity contribution < 1.29 is 14.3 Å². The lowest BCUT2D eigenvalue weighted by Gasteiger charge is -2.34. The van der Waals surface area contributed by atoms with Crippen LogP contribution in [-0.4, -0.2) is 49.6 Å². The van der Waals surface area contributed by atoms with Gasteiger partial charge in [-0.05, 0) is 42.8 Å². The van der Waals surface area contributed by atoms with E-state index in [0.717, 1.165) is 35.2 Å². The molecule has 1 aliphatic heterocycles. The summed E-state index contributed by atoms with van der Waals surface area (Å²) in [7, 11) is 1.66. The van der Waals surface area contributed by atoms with Crippen LogP contribution in [-0.2, 0) is 4.74 Å². The van der Waals surface area contributed by atoms with Crippen molar-refractivity contribution in [1.29, 1.82) is 0 Å². The fraction of sp³-hybridized carbons (Fsp3) is 0.421. The van der Waals surface area contributed by atoms with E-state index >= 15 is 0 Å². The molecular formula is C19H23NO3. The summed E-state index contributed by atoms with van der Waals surface area (Å²) >= 11 is 0. The minimum atomic E-state index is 0.156. The molecule has 4 nitrogen and oxygen atoms in total. The fourth-order valence-corrected chi connectivity index (χ4v) is 3.23. The van der Waals surface area contributed by atoms with Gasteiger partial charge in [-0.25, -0.2) is 0 Å². The Morgan fingerprint density at radius 3 is 2.48 bits per heavy atom. The molecule has 0 saturated carbocycles. The third-order valence-electron chi connectivity index (χ3n) is 4.23. The van der Waals surface area contributed by atoms with Gasteiger partial charge in [0.2, 0.25) is 0 Å². The van der Waals surface area contributed by atoms with Gasteiger partial charge in [-0.3, -0.25) is 9.69 Å². The van der Waals surface area contributed by atoms with Crippen LogP contribution >= 0.6 is 0 Å². The van der Waals surface area contributed by atoms with Crippen LogP contribution in [0.5, 0.6) is 5.75 Å². The highest BCUT2D eigenvalue weighted by atomic mass is 16.5. The van der Waals surface area contributed by atoms with E-state index in [1.54, 1.807) is 7.11 Å². The van der Waals surface area contributed by atoms with E-state index < -0.39 is 0 Å². The summed E-state index contributed by atoms with van der Waals surface area (Å²) in [5.74, 6) is 0.983. The number of fused-ring (bicyclic) bond motifs is 1. The first-order valence-corrected chi connectivity index (χ1v) is 8.04. The highest BCUT2D eigenvalue weighted by Crippen LogP contribution is 2.22. The van der Waals surface area contributed by atoms with Crippen molar-refractivity contribution in [2.24, 2.45) is 0 Å². The van der Waals surface area contributed by atoms with Crippen LogP contribution in [0.15, 0.2) is 36.4 Å². The molecule has 0 unspecified atom stereocenters. The smallest absolute Gasteiger partial charge is 0.176 e. The second-order valence-corrected chi connectivity index (χ2v) is 6.30. The summed E-state index contributed by atoms with van der Waals surface area (Å²) in [6, 6.07) is 11.7. The number of carbonyl (C=O) groups excluding carboxylic acids is 1. The molecule has 0 bridgehead atoms. The summed E-state index contributed by atoms with van der Waals surface area (Å²) in [6.45, 7) is 6.16. The molecule has 1 saturated heterocycles. The van der Waals surface area contributed by atoms with Crippen molar-refractivity contribution >= 4 is 16.6 Å². The van der Waals surface area contributed by atoms with E-state index in [4.69, 9.17) is 9.47 Å². The number of methoxy groups -OCH3 is 1. The molecule has 1 aliphatic rings. The number of nitrogens with zero attached hydrogens (tertiary/aromatic N) is 1. The van der Waals surface area contributed by atoms with Crippen molar-refractivity contribution in [3.8, 4) is 5.75 Å². The van der Waals surface area contributed by atoms with Gasteiger partial charge >= 0.3 is 0 Å². The van der Waals surface area contributed by atoms with Crippen LogP contribution in [0.25, 0.3) is 10.8 Å². The lowest BCUT2D eigenvalue weighted by molar-refractivity contribution is -0.0652. The zero-order valence-electron chi connectivity index (χ0n) is 13.9. The van der Waals surface area contributed by atoms with Crippen molar-refractivity contribution in [2.75, 3.05) is 26.7 Å². The van der Waals surface area contributed by atoms with E-state index in [2.05, 4.69) is 18.7 Å². The van der Waals surface area contributed by atoms with Gasteiger partial charge in [0.1, 0.15) is 5.75 Å². The first-order chi connectivity index (χ1) is 11.0. The molecule has 3 rings (SSSR count). The van der Waals surface area contributed by atoms with Crippen molar-refractivity contribution in [3.05, 3.63) is 42.0 Å². The van der Waals surface area contributed by atoms with Crippen LogP contribution in [0.4, 0.5) is 0 Å².